The van der Waals surface area contributed by atoms with Crippen molar-refractivity contribution in [1.82, 2.24) is 4.90 Å². The second-order valence-electron chi connectivity index (χ2n) is 17.5. The average molecular weight is 766 g/mol. The van der Waals surface area contributed by atoms with Crippen LogP contribution in [-0.2, 0) is 19.1 Å². The third-order valence-electron chi connectivity index (χ3n) is 11.4. The van der Waals surface area contributed by atoms with E-state index < -0.39 is 0 Å². The van der Waals surface area contributed by atoms with Crippen LogP contribution in [0.4, 0.5) is 0 Å². The molecule has 0 aromatic carbocycles. The van der Waals surface area contributed by atoms with Gasteiger partial charge in [0.05, 0.1) is 6.61 Å². The number of carbonyl (C=O) groups is 2. The minimum atomic E-state index is -0.0228. The van der Waals surface area contributed by atoms with E-state index in [2.05, 4.69) is 39.5 Å². The zero-order chi connectivity index (χ0) is 39.8. The molecule has 0 unspecified atom stereocenters. The van der Waals surface area contributed by atoms with Crippen molar-refractivity contribution in [1.29, 1.82) is 0 Å². The average Bonchev–Trinajstić information content (AvgIpc) is 3.15. The molecule has 0 spiro atoms. The molecule has 1 N–H and O–H groups in total. The molecule has 0 fully saturated rings. The fourth-order valence-corrected chi connectivity index (χ4v) is 7.55. The quantitative estimate of drug-likeness (QED) is 0.0492. The van der Waals surface area contributed by atoms with Gasteiger partial charge in [0.1, 0.15) is 6.10 Å². The zero-order valence-electron chi connectivity index (χ0n) is 37.2. The summed E-state index contributed by atoms with van der Waals surface area (Å²) in [5, 5.41) is 9.33. The normalized spacial score (nSPS) is 11.9. The molecule has 0 aromatic rings. The van der Waals surface area contributed by atoms with Crippen molar-refractivity contribution in [2.24, 2.45) is 5.41 Å². The minimum Gasteiger partial charge on any atom is -0.466 e. The Labute approximate surface area is 337 Å². The third kappa shape index (κ3) is 37.8. The Kier molecular flexibility index (Phi) is 39.2. The maximum Gasteiger partial charge on any atom is 0.306 e. The molecule has 0 saturated heterocycles. The lowest BCUT2D eigenvalue weighted by atomic mass is 9.82. The van der Waals surface area contributed by atoms with E-state index in [0.717, 1.165) is 77.4 Å². The molecule has 0 aliphatic heterocycles. The van der Waals surface area contributed by atoms with Crippen LogP contribution >= 0.6 is 0 Å². The highest BCUT2D eigenvalue weighted by Crippen LogP contribution is 2.30. The van der Waals surface area contributed by atoms with E-state index in [1.54, 1.807) is 0 Å². The first-order chi connectivity index (χ1) is 26.3. The summed E-state index contributed by atoms with van der Waals surface area (Å²) in [6.45, 7) is 15.5. The van der Waals surface area contributed by atoms with Crippen LogP contribution in [0, 0.1) is 5.41 Å². The summed E-state index contributed by atoms with van der Waals surface area (Å²) < 4.78 is 11.6. The molecule has 0 atom stereocenters. The van der Waals surface area contributed by atoms with E-state index in [1.165, 1.54) is 148 Å². The van der Waals surface area contributed by atoms with Crippen molar-refractivity contribution in [2.45, 2.75) is 259 Å². The summed E-state index contributed by atoms with van der Waals surface area (Å²) in [5.41, 5.74) is 0.134. The van der Waals surface area contributed by atoms with E-state index >= 15 is 0 Å². The smallest absolute Gasteiger partial charge is 0.306 e. The Bertz CT molecular complexity index is 786. The summed E-state index contributed by atoms with van der Waals surface area (Å²) in [7, 11) is 0. The Balaban J connectivity index is 4.34. The van der Waals surface area contributed by atoms with Gasteiger partial charge in [-0.3, -0.25) is 9.59 Å². The monoisotopic (exact) mass is 766 g/mol. The van der Waals surface area contributed by atoms with Gasteiger partial charge in [-0.2, -0.15) is 0 Å². The van der Waals surface area contributed by atoms with Crippen LogP contribution in [-0.4, -0.2) is 60.9 Å². The molecular formula is C48H95NO5. The van der Waals surface area contributed by atoms with E-state index in [-0.39, 0.29) is 30.1 Å². The molecule has 0 saturated carbocycles. The molecule has 0 radical (unpaired) electrons. The van der Waals surface area contributed by atoms with Crippen LogP contribution in [0.5, 0.6) is 0 Å². The number of esters is 2. The van der Waals surface area contributed by atoms with Crippen LogP contribution in [0.3, 0.4) is 0 Å². The van der Waals surface area contributed by atoms with Crippen molar-refractivity contribution >= 4 is 11.9 Å². The van der Waals surface area contributed by atoms with Crippen molar-refractivity contribution in [3.8, 4) is 0 Å². The topological polar surface area (TPSA) is 76.1 Å². The summed E-state index contributed by atoms with van der Waals surface area (Å²) in [4.78, 5) is 27.7. The molecule has 322 valence electrons. The molecular weight excluding hydrogens is 671 g/mol. The van der Waals surface area contributed by atoms with Gasteiger partial charge >= 0.3 is 11.9 Å². The van der Waals surface area contributed by atoms with E-state index in [0.29, 0.717) is 19.4 Å². The number of hydrogen-bond acceptors (Lipinski definition) is 6. The number of rotatable bonds is 43. The predicted molar refractivity (Wildman–Crippen MR) is 232 cm³/mol. The summed E-state index contributed by atoms with van der Waals surface area (Å²) >= 11 is 0. The molecule has 0 bridgehead atoms. The molecule has 0 heterocycles. The van der Waals surface area contributed by atoms with Crippen LogP contribution < -0.4 is 0 Å². The van der Waals surface area contributed by atoms with Crippen LogP contribution in [0.15, 0.2) is 0 Å². The number of aliphatic hydroxyl groups excluding tert-OH is 1. The predicted octanol–water partition coefficient (Wildman–Crippen LogP) is 14.1. The van der Waals surface area contributed by atoms with E-state index in [1.807, 2.05) is 0 Å². The van der Waals surface area contributed by atoms with Gasteiger partial charge in [-0.05, 0) is 102 Å². The van der Waals surface area contributed by atoms with Crippen molar-refractivity contribution in [3.05, 3.63) is 0 Å². The van der Waals surface area contributed by atoms with E-state index in [9.17, 15) is 14.7 Å². The molecule has 6 heteroatoms. The molecule has 0 aromatic heterocycles. The van der Waals surface area contributed by atoms with Gasteiger partial charge in [0.15, 0.2) is 0 Å². The Morgan fingerprint density at radius 1 is 0.500 bits per heavy atom. The Hall–Kier alpha value is -1.14. The summed E-state index contributed by atoms with van der Waals surface area (Å²) in [5.74, 6) is -0.00997. The minimum absolute atomic E-state index is 0.0128. The second-order valence-corrected chi connectivity index (χ2v) is 17.5. The van der Waals surface area contributed by atoms with Crippen molar-refractivity contribution in [3.63, 3.8) is 0 Å². The lowest BCUT2D eigenvalue weighted by Gasteiger charge is -2.26. The van der Waals surface area contributed by atoms with Crippen molar-refractivity contribution in [2.75, 3.05) is 32.8 Å². The number of aliphatic hydroxyl groups is 1. The van der Waals surface area contributed by atoms with Crippen LogP contribution in [0.25, 0.3) is 0 Å². The fourth-order valence-electron chi connectivity index (χ4n) is 7.55. The largest absolute Gasteiger partial charge is 0.466 e. The van der Waals surface area contributed by atoms with Gasteiger partial charge in [0.2, 0.25) is 0 Å². The zero-order valence-corrected chi connectivity index (χ0v) is 37.2. The number of ether oxygens (including phenoxy) is 2. The van der Waals surface area contributed by atoms with Crippen LogP contribution in [0.2, 0.25) is 0 Å². The highest BCUT2D eigenvalue weighted by atomic mass is 16.5. The van der Waals surface area contributed by atoms with E-state index in [4.69, 9.17) is 9.47 Å². The van der Waals surface area contributed by atoms with Gasteiger partial charge < -0.3 is 19.5 Å². The summed E-state index contributed by atoms with van der Waals surface area (Å²) in [6.07, 6.45) is 39.2. The van der Waals surface area contributed by atoms with Gasteiger partial charge in [0, 0.05) is 19.4 Å². The lowest BCUT2D eigenvalue weighted by molar-refractivity contribution is -0.150. The lowest BCUT2D eigenvalue weighted by Crippen LogP contribution is -2.28. The first-order valence-electron chi connectivity index (χ1n) is 24.0. The summed E-state index contributed by atoms with van der Waals surface area (Å²) in [6, 6.07) is 0. The highest BCUT2D eigenvalue weighted by Gasteiger charge is 2.21. The van der Waals surface area contributed by atoms with Gasteiger partial charge in [-0.15, -0.1) is 0 Å². The molecule has 0 aliphatic carbocycles. The number of hydrogen-bond donors (Lipinski definition) is 1. The molecule has 6 nitrogen and oxygen atoms in total. The molecule has 54 heavy (non-hydrogen) atoms. The SMILES string of the molecule is CCCCCCCCCOC(=O)CCCCCCCN(CCCCO)CCCCC(C)(C)CCC(=O)OC(CCCCCCCC)CCCCCCCC. The van der Waals surface area contributed by atoms with Gasteiger partial charge in [-0.25, -0.2) is 0 Å². The first kappa shape index (κ1) is 52.9. The second kappa shape index (κ2) is 40.1. The number of carbonyl (C=O) groups excluding carboxylic acids is 2. The molecule has 0 aliphatic rings. The van der Waals surface area contributed by atoms with Crippen LogP contribution in [0.1, 0.15) is 253 Å². The van der Waals surface area contributed by atoms with Gasteiger partial charge in [-0.1, -0.05) is 163 Å². The fraction of sp³-hybridized carbons (Fsp3) is 0.958. The van der Waals surface area contributed by atoms with Crippen molar-refractivity contribution < 1.29 is 24.2 Å². The Morgan fingerprint density at radius 2 is 0.944 bits per heavy atom. The maximum atomic E-state index is 13.0. The maximum absolute atomic E-state index is 13.0. The number of unbranched alkanes of at least 4 members (excludes halogenated alkanes) is 22. The molecule has 0 rings (SSSR count). The molecule has 0 amide bonds. The Morgan fingerprint density at radius 3 is 1.48 bits per heavy atom. The number of nitrogens with zero attached hydrogens (tertiary/aromatic N) is 1. The first-order valence-corrected chi connectivity index (χ1v) is 24.0. The standard InChI is InChI=1S/C48H95NO5/c1-6-9-12-15-18-24-33-44-53-46(51)36-27-22-19-23-29-40-49(42-31-32-43-50)41-30-28-38-48(4,5)39-37-47(52)54-45(34-25-20-16-13-10-7-2)35-26-21-17-14-11-8-3/h45,50H,6-44H2,1-5H3. The highest BCUT2D eigenvalue weighted by molar-refractivity contribution is 5.69. The van der Waals surface area contributed by atoms with Gasteiger partial charge in [0.25, 0.3) is 0 Å². The third-order valence-corrected chi connectivity index (χ3v) is 11.4.